The normalized spacial score (nSPS) is 12.0. The molecule has 0 unspecified atom stereocenters. The summed E-state index contributed by atoms with van der Waals surface area (Å²) in [6, 6.07) is 31.8. The molecular weight excluding hydrogens is 606 g/mol. The van der Waals surface area contributed by atoms with E-state index < -0.39 is 28.1 Å². The van der Waals surface area contributed by atoms with Crippen LogP contribution in [0, 0.1) is 0 Å². The smallest absolute Gasteiger partial charge is 0.408 e. The molecule has 1 amide bonds. The average molecular weight is 640 g/mol. The molecule has 1 atom stereocenters. The Labute approximate surface area is 267 Å². The van der Waals surface area contributed by atoms with Crippen LogP contribution in [0.25, 0.3) is 22.0 Å². The first-order valence-electron chi connectivity index (χ1n) is 14.6. The van der Waals surface area contributed by atoms with Gasteiger partial charge in [-0.25, -0.2) is 22.7 Å². The van der Waals surface area contributed by atoms with Gasteiger partial charge in [-0.1, -0.05) is 78.9 Å². The molecule has 1 aromatic heterocycles. The first-order chi connectivity index (χ1) is 22.3. The molecule has 0 saturated carbocycles. The van der Waals surface area contributed by atoms with Crippen LogP contribution in [0.2, 0.25) is 0 Å². The zero-order valence-corrected chi connectivity index (χ0v) is 25.7. The van der Waals surface area contributed by atoms with E-state index in [2.05, 4.69) is 21.1 Å². The number of carbonyl (C=O) groups excluding carboxylic acids is 1. The fraction of sp³-hybridized carbons (Fsp3) is 0.171. The maximum Gasteiger partial charge on any atom is 0.408 e. The minimum Gasteiger partial charge on any atom is -0.480 e. The summed E-state index contributed by atoms with van der Waals surface area (Å²) in [6.07, 6.45) is 1.37. The van der Waals surface area contributed by atoms with Crippen molar-refractivity contribution in [3.8, 4) is 11.3 Å². The van der Waals surface area contributed by atoms with Crippen molar-refractivity contribution in [2.75, 3.05) is 13.2 Å². The number of carboxylic acids is 1. The Hall–Kier alpha value is -5.10. The SMILES string of the molecule is O=C(N[C@@H](COCc1cccc(S(=O)(=O)NCCc2ccc3cc(-c4ccccn4)ccc3c2)c1)C(=O)O)OCc1ccccc1. The number of rotatable bonds is 14. The van der Waals surface area contributed by atoms with Crippen LogP contribution in [0.4, 0.5) is 4.79 Å². The van der Waals surface area contributed by atoms with Crippen LogP contribution in [-0.2, 0) is 43.9 Å². The zero-order valence-electron chi connectivity index (χ0n) is 24.8. The summed E-state index contributed by atoms with van der Waals surface area (Å²) in [7, 11) is -3.81. The first kappa shape index (κ1) is 32.3. The monoisotopic (exact) mass is 639 g/mol. The van der Waals surface area contributed by atoms with Gasteiger partial charge in [0.2, 0.25) is 10.0 Å². The van der Waals surface area contributed by atoms with Crippen molar-refractivity contribution >= 4 is 32.9 Å². The molecule has 0 aliphatic rings. The van der Waals surface area contributed by atoms with Gasteiger partial charge in [0.05, 0.1) is 23.8 Å². The Morgan fingerprint density at radius 2 is 1.54 bits per heavy atom. The molecule has 0 spiro atoms. The van der Waals surface area contributed by atoms with E-state index in [1.165, 1.54) is 12.1 Å². The minimum atomic E-state index is -3.81. The highest BCUT2D eigenvalue weighted by atomic mass is 32.2. The van der Waals surface area contributed by atoms with Crippen LogP contribution in [0.1, 0.15) is 16.7 Å². The van der Waals surface area contributed by atoms with Crippen molar-refractivity contribution in [1.82, 2.24) is 15.0 Å². The third-order valence-electron chi connectivity index (χ3n) is 7.14. The Kier molecular flexibility index (Phi) is 10.7. The molecule has 4 aromatic carbocycles. The number of amides is 1. The van der Waals surface area contributed by atoms with E-state index in [1.54, 1.807) is 42.6 Å². The number of carboxylic acid groups (broad SMARTS) is 1. The summed E-state index contributed by atoms with van der Waals surface area (Å²) in [5.74, 6) is -1.29. The maximum absolute atomic E-state index is 13.0. The molecule has 46 heavy (non-hydrogen) atoms. The Bertz CT molecular complexity index is 1900. The molecule has 10 nitrogen and oxygen atoms in total. The van der Waals surface area contributed by atoms with Crippen molar-refractivity contribution in [3.63, 3.8) is 0 Å². The number of hydrogen-bond acceptors (Lipinski definition) is 7. The van der Waals surface area contributed by atoms with E-state index in [1.807, 2.05) is 54.6 Å². The molecule has 0 aliphatic heterocycles. The Balaban J connectivity index is 1.10. The van der Waals surface area contributed by atoms with E-state index in [-0.39, 0.29) is 31.3 Å². The van der Waals surface area contributed by atoms with Gasteiger partial charge in [-0.15, -0.1) is 0 Å². The zero-order chi connectivity index (χ0) is 32.4. The van der Waals surface area contributed by atoms with Gasteiger partial charge >= 0.3 is 12.1 Å². The summed E-state index contributed by atoms with van der Waals surface area (Å²) >= 11 is 0. The lowest BCUT2D eigenvalue weighted by molar-refractivity contribution is -0.141. The van der Waals surface area contributed by atoms with E-state index in [0.717, 1.165) is 33.2 Å². The number of sulfonamides is 1. The van der Waals surface area contributed by atoms with Gasteiger partial charge in [0, 0.05) is 18.3 Å². The number of ether oxygens (including phenoxy) is 2. The number of hydrogen-bond donors (Lipinski definition) is 3. The highest BCUT2D eigenvalue weighted by Gasteiger charge is 2.21. The summed E-state index contributed by atoms with van der Waals surface area (Å²) in [5.41, 5.74) is 4.21. The van der Waals surface area contributed by atoms with E-state index in [0.29, 0.717) is 12.0 Å². The quantitative estimate of drug-likeness (QED) is 0.148. The number of nitrogens with one attached hydrogen (secondary N) is 2. The third-order valence-corrected chi connectivity index (χ3v) is 8.59. The highest BCUT2D eigenvalue weighted by Crippen LogP contribution is 2.24. The van der Waals surface area contributed by atoms with Crippen LogP contribution in [0.5, 0.6) is 0 Å². The van der Waals surface area contributed by atoms with E-state index >= 15 is 0 Å². The van der Waals surface area contributed by atoms with Crippen molar-refractivity contribution in [3.05, 3.63) is 132 Å². The van der Waals surface area contributed by atoms with Crippen molar-refractivity contribution in [1.29, 1.82) is 0 Å². The first-order valence-corrected chi connectivity index (χ1v) is 16.1. The Morgan fingerprint density at radius 1 is 0.783 bits per heavy atom. The second-order valence-electron chi connectivity index (χ2n) is 10.5. The lowest BCUT2D eigenvalue weighted by Gasteiger charge is -2.15. The van der Waals surface area contributed by atoms with Crippen molar-refractivity contribution < 1.29 is 32.6 Å². The van der Waals surface area contributed by atoms with Crippen molar-refractivity contribution in [2.24, 2.45) is 0 Å². The summed E-state index contributed by atoms with van der Waals surface area (Å²) < 4.78 is 39.3. The average Bonchev–Trinajstić information content (AvgIpc) is 3.07. The van der Waals surface area contributed by atoms with Crippen molar-refractivity contribution in [2.45, 2.75) is 30.6 Å². The van der Waals surface area contributed by atoms with Gasteiger partial charge in [0.15, 0.2) is 6.04 Å². The summed E-state index contributed by atoms with van der Waals surface area (Å²) in [6.45, 7) is -0.216. The van der Waals surface area contributed by atoms with Crippen LogP contribution in [-0.4, -0.2) is 49.8 Å². The molecular formula is C35H33N3O7S. The molecule has 5 rings (SSSR count). The van der Waals surface area contributed by atoms with Crippen LogP contribution in [0.3, 0.4) is 0 Å². The fourth-order valence-corrected chi connectivity index (χ4v) is 5.84. The number of aliphatic carboxylic acids is 1. The topological polar surface area (TPSA) is 144 Å². The van der Waals surface area contributed by atoms with E-state index in [9.17, 15) is 23.1 Å². The number of nitrogens with zero attached hydrogens (tertiary/aromatic N) is 1. The number of alkyl carbamates (subject to hydrolysis) is 1. The fourth-order valence-electron chi connectivity index (χ4n) is 4.74. The van der Waals surface area contributed by atoms with Gasteiger partial charge in [-0.2, -0.15) is 0 Å². The predicted octanol–water partition coefficient (Wildman–Crippen LogP) is 5.32. The number of benzene rings is 4. The minimum absolute atomic E-state index is 0.00846. The van der Waals surface area contributed by atoms with Gasteiger partial charge in [-0.3, -0.25) is 4.98 Å². The number of carbonyl (C=O) groups is 2. The molecule has 1 heterocycles. The van der Waals surface area contributed by atoms with E-state index in [4.69, 9.17) is 9.47 Å². The number of aromatic nitrogens is 1. The Morgan fingerprint density at radius 3 is 2.33 bits per heavy atom. The molecule has 0 radical (unpaired) electrons. The molecule has 0 fully saturated rings. The highest BCUT2D eigenvalue weighted by molar-refractivity contribution is 7.89. The summed E-state index contributed by atoms with van der Waals surface area (Å²) in [4.78, 5) is 28.2. The predicted molar refractivity (Wildman–Crippen MR) is 173 cm³/mol. The van der Waals surface area contributed by atoms with Crippen LogP contribution in [0.15, 0.2) is 120 Å². The largest absolute Gasteiger partial charge is 0.480 e. The van der Waals surface area contributed by atoms with Gasteiger partial charge in [-0.05, 0) is 64.2 Å². The molecule has 3 N–H and O–H groups in total. The van der Waals surface area contributed by atoms with Gasteiger partial charge in [0.25, 0.3) is 0 Å². The third kappa shape index (κ3) is 8.98. The molecule has 0 bridgehead atoms. The number of pyridine rings is 1. The number of fused-ring (bicyclic) bond motifs is 1. The molecule has 0 aliphatic carbocycles. The molecule has 0 saturated heterocycles. The van der Waals surface area contributed by atoms with Crippen LogP contribution < -0.4 is 10.0 Å². The summed E-state index contributed by atoms with van der Waals surface area (Å²) in [5, 5.41) is 13.9. The standard InChI is InChI=1S/C35H33N3O7S/c39-34(40)33(38-35(41)45-23-26-7-2-1-3-8-26)24-44-22-27-9-6-10-31(20-27)46(42,43)37-18-16-25-12-13-29-21-30(15-14-28(29)19-25)32-11-4-5-17-36-32/h1-15,17,19-21,33,37H,16,18,22-24H2,(H,38,41)(H,39,40)/t33-/m0/s1. The van der Waals surface area contributed by atoms with Crippen LogP contribution >= 0.6 is 0 Å². The maximum atomic E-state index is 13.0. The second-order valence-corrected chi connectivity index (χ2v) is 12.3. The lowest BCUT2D eigenvalue weighted by atomic mass is 10.0. The molecule has 5 aromatic rings. The molecule has 11 heteroatoms. The lowest BCUT2D eigenvalue weighted by Crippen LogP contribution is -2.44. The van der Waals surface area contributed by atoms with Gasteiger partial charge < -0.3 is 19.9 Å². The molecule has 236 valence electrons. The second kappa shape index (κ2) is 15.3. The van der Waals surface area contributed by atoms with Gasteiger partial charge in [0.1, 0.15) is 6.61 Å².